The predicted octanol–water partition coefficient (Wildman–Crippen LogP) is 2.54. The van der Waals surface area contributed by atoms with Crippen LogP contribution in [0.25, 0.3) is 0 Å². The maximum absolute atomic E-state index is 11.5. The minimum Gasteiger partial charge on any atom is -0.483 e. The molecule has 0 unspecified atom stereocenters. The van der Waals surface area contributed by atoms with E-state index in [4.69, 9.17) is 9.47 Å². The zero-order valence-electron chi connectivity index (χ0n) is 11.4. The Kier molecular flexibility index (Phi) is 7.52. The van der Waals surface area contributed by atoms with Gasteiger partial charge in [-0.05, 0) is 46.5 Å². The van der Waals surface area contributed by atoms with Crippen LogP contribution in [0.1, 0.15) is 18.9 Å². The van der Waals surface area contributed by atoms with Gasteiger partial charge in [0.25, 0.3) is 5.91 Å². The van der Waals surface area contributed by atoms with Crippen LogP contribution in [0.5, 0.6) is 5.75 Å². The Hall–Kier alpha value is -1.07. The second-order valence-corrected chi connectivity index (χ2v) is 4.96. The SMILES string of the molecule is CCc1ccc(OCC(=O)NCCCOC)c(Br)c1. The van der Waals surface area contributed by atoms with Gasteiger partial charge in [-0.25, -0.2) is 0 Å². The molecule has 0 saturated heterocycles. The third-order valence-electron chi connectivity index (χ3n) is 2.61. The number of ether oxygens (including phenoxy) is 2. The second-order valence-electron chi connectivity index (χ2n) is 4.10. The molecule has 4 nitrogen and oxygen atoms in total. The summed E-state index contributed by atoms with van der Waals surface area (Å²) in [6, 6.07) is 5.88. The van der Waals surface area contributed by atoms with Crippen molar-refractivity contribution in [1.82, 2.24) is 5.32 Å². The topological polar surface area (TPSA) is 47.6 Å². The third-order valence-corrected chi connectivity index (χ3v) is 3.23. The lowest BCUT2D eigenvalue weighted by atomic mass is 10.2. The fraction of sp³-hybridized carbons (Fsp3) is 0.500. The Labute approximate surface area is 122 Å². The summed E-state index contributed by atoms with van der Waals surface area (Å²) in [5, 5.41) is 2.77. The number of benzene rings is 1. The maximum atomic E-state index is 11.5. The molecule has 106 valence electrons. The average Bonchev–Trinajstić information content (AvgIpc) is 2.42. The third kappa shape index (κ3) is 6.07. The van der Waals surface area contributed by atoms with Crippen LogP contribution >= 0.6 is 15.9 Å². The van der Waals surface area contributed by atoms with E-state index in [-0.39, 0.29) is 12.5 Å². The Bertz CT molecular complexity index is 410. The van der Waals surface area contributed by atoms with Gasteiger partial charge in [-0.15, -0.1) is 0 Å². The molecule has 1 amide bonds. The van der Waals surface area contributed by atoms with Crippen molar-refractivity contribution in [2.75, 3.05) is 26.9 Å². The monoisotopic (exact) mass is 329 g/mol. The van der Waals surface area contributed by atoms with Crippen molar-refractivity contribution in [3.05, 3.63) is 28.2 Å². The lowest BCUT2D eigenvalue weighted by Gasteiger charge is -2.09. The Morgan fingerprint density at radius 1 is 1.42 bits per heavy atom. The highest BCUT2D eigenvalue weighted by Gasteiger charge is 2.05. The first kappa shape index (κ1) is 16.0. The molecule has 1 N–H and O–H groups in total. The first-order chi connectivity index (χ1) is 9.17. The highest BCUT2D eigenvalue weighted by Crippen LogP contribution is 2.26. The van der Waals surface area contributed by atoms with Crippen molar-refractivity contribution < 1.29 is 14.3 Å². The Balaban J connectivity index is 2.33. The molecule has 0 heterocycles. The highest BCUT2D eigenvalue weighted by atomic mass is 79.9. The number of methoxy groups -OCH3 is 1. The van der Waals surface area contributed by atoms with Crippen LogP contribution in [0.3, 0.4) is 0 Å². The van der Waals surface area contributed by atoms with Crippen molar-refractivity contribution in [2.45, 2.75) is 19.8 Å². The summed E-state index contributed by atoms with van der Waals surface area (Å²) >= 11 is 3.44. The molecule has 0 spiro atoms. The predicted molar refractivity (Wildman–Crippen MR) is 78.5 cm³/mol. The number of carbonyl (C=O) groups excluding carboxylic acids is 1. The van der Waals surface area contributed by atoms with Gasteiger partial charge >= 0.3 is 0 Å². The normalized spacial score (nSPS) is 10.3. The number of amides is 1. The van der Waals surface area contributed by atoms with E-state index in [0.29, 0.717) is 18.9 Å². The molecule has 1 aromatic carbocycles. The summed E-state index contributed by atoms with van der Waals surface area (Å²) < 4.78 is 11.2. The molecular formula is C14H20BrNO3. The highest BCUT2D eigenvalue weighted by molar-refractivity contribution is 9.10. The minimum absolute atomic E-state index is 0.0249. The van der Waals surface area contributed by atoms with Gasteiger partial charge in [-0.2, -0.15) is 0 Å². The molecule has 1 rings (SSSR count). The molecule has 0 saturated carbocycles. The van der Waals surface area contributed by atoms with Crippen molar-refractivity contribution in [3.63, 3.8) is 0 Å². The van der Waals surface area contributed by atoms with Crippen LogP contribution < -0.4 is 10.1 Å². The first-order valence-corrected chi connectivity index (χ1v) is 7.13. The number of hydrogen-bond donors (Lipinski definition) is 1. The van der Waals surface area contributed by atoms with Gasteiger partial charge < -0.3 is 14.8 Å². The molecule has 0 aliphatic rings. The standard InChI is InChI=1S/C14H20BrNO3/c1-3-11-5-6-13(12(15)9-11)19-10-14(17)16-7-4-8-18-2/h5-6,9H,3-4,7-8,10H2,1-2H3,(H,16,17). The van der Waals surface area contributed by atoms with E-state index < -0.39 is 0 Å². The van der Waals surface area contributed by atoms with E-state index in [1.807, 2.05) is 18.2 Å². The van der Waals surface area contributed by atoms with Gasteiger partial charge in [-0.1, -0.05) is 13.0 Å². The van der Waals surface area contributed by atoms with E-state index in [2.05, 4.69) is 28.2 Å². The van der Waals surface area contributed by atoms with Crippen molar-refractivity contribution in [3.8, 4) is 5.75 Å². The fourth-order valence-corrected chi connectivity index (χ4v) is 2.06. The number of halogens is 1. The average molecular weight is 330 g/mol. The second kappa shape index (κ2) is 8.93. The molecule has 0 bridgehead atoms. The van der Waals surface area contributed by atoms with Crippen LogP contribution in [0.15, 0.2) is 22.7 Å². The molecule has 0 radical (unpaired) electrons. The molecule has 0 aliphatic carbocycles. The van der Waals surface area contributed by atoms with E-state index in [0.717, 1.165) is 17.3 Å². The molecule has 0 atom stereocenters. The summed E-state index contributed by atoms with van der Waals surface area (Å²) in [4.78, 5) is 11.5. The zero-order chi connectivity index (χ0) is 14.1. The number of rotatable bonds is 8. The molecule has 0 aromatic heterocycles. The van der Waals surface area contributed by atoms with E-state index in [1.54, 1.807) is 7.11 Å². The van der Waals surface area contributed by atoms with Gasteiger partial charge in [0.05, 0.1) is 4.47 Å². The molecule has 19 heavy (non-hydrogen) atoms. The molecule has 5 heteroatoms. The summed E-state index contributed by atoms with van der Waals surface area (Å²) in [6.07, 6.45) is 1.77. The fourth-order valence-electron chi connectivity index (χ4n) is 1.52. The van der Waals surface area contributed by atoms with Crippen LogP contribution in [0.2, 0.25) is 0 Å². The quantitative estimate of drug-likeness (QED) is 0.745. The van der Waals surface area contributed by atoms with E-state index in [1.165, 1.54) is 5.56 Å². The lowest BCUT2D eigenvalue weighted by molar-refractivity contribution is -0.123. The van der Waals surface area contributed by atoms with Crippen molar-refractivity contribution in [2.24, 2.45) is 0 Å². The van der Waals surface area contributed by atoms with E-state index in [9.17, 15) is 4.79 Å². The Morgan fingerprint density at radius 3 is 2.84 bits per heavy atom. The largest absolute Gasteiger partial charge is 0.483 e. The van der Waals surface area contributed by atoms with Crippen LogP contribution in [0.4, 0.5) is 0 Å². The Morgan fingerprint density at radius 2 is 2.21 bits per heavy atom. The van der Waals surface area contributed by atoms with Crippen LogP contribution in [-0.4, -0.2) is 32.8 Å². The first-order valence-electron chi connectivity index (χ1n) is 6.34. The summed E-state index contributed by atoms with van der Waals surface area (Å²) in [5.74, 6) is 0.562. The number of nitrogens with one attached hydrogen (secondary N) is 1. The number of hydrogen-bond acceptors (Lipinski definition) is 3. The summed E-state index contributed by atoms with van der Waals surface area (Å²) in [5.41, 5.74) is 1.23. The minimum atomic E-state index is -0.123. The summed E-state index contributed by atoms with van der Waals surface area (Å²) in [7, 11) is 1.64. The number of aryl methyl sites for hydroxylation is 1. The smallest absolute Gasteiger partial charge is 0.257 e. The van der Waals surface area contributed by atoms with E-state index >= 15 is 0 Å². The summed E-state index contributed by atoms with van der Waals surface area (Å²) in [6.45, 7) is 3.37. The van der Waals surface area contributed by atoms with Crippen molar-refractivity contribution >= 4 is 21.8 Å². The van der Waals surface area contributed by atoms with Gasteiger partial charge in [0.15, 0.2) is 6.61 Å². The maximum Gasteiger partial charge on any atom is 0.257 e. The number of carbonyl (C=O) groups is 1. The molecule has 0 fully saturated rings. The van der Waals surface area contributed by atoms with Crippen LogP contribution in [-0.2, 0) is 16.0 Å². The van der Waals surface area contributed by atoms with Crippen LogP contribution in [0, 0.1) is 0 Å². The van der Waals surface area contributed by atoms with Gasteiger partial charge in [0.2, 0.25) is 0 Å². The van der Waals surface area contributed by atoms with Gasteiger partial charge in [-0.3, -0.25) is 4.79 Å². The molecular weight excluding hydrogens is 310 g/mol. The lowest BCUT2D eigenvalue weighted by Crippen LogP contribution is -2.30. The van der Waals surface area contributed by atoms with Gasteiger partial charge in [0.1, 0.15) is 5.75 Å². The zero-order valence-corrected chi connectivity index (χ0v) is 13.0. The van der Waals surface area contributed by atoms with Crippen molar-refractivity contribution in [1.29, 1.82) is 0 Å². The molecule has 1 aromatic rings. The molecule has 0 aliphatic heterocycles. The van der Waals surface area contributed by atoms with Gasteiger partial charge in [0, 0.05) is 20.3 Å².